The highest BCUT2D eigenvalue weighted by atomic mass is 16.5. The number of hydrogen-bond acceptors (Lipinski definition) is 4. The average molecular weight is 317 g/mol. The average Bonchev–Trinajstić information content (AvgIpc) is 2.75. The highest BCUT2D eigenvalue weighted by Gasteiger charge is 2.59. The van der Waals surface area contributed by atoms with Gasteiger partial charge in [0.15, 0.2) is 0 Å². The monoisotopic (exact) mass is 317 g/mol. The number of ether oxygens (including phenoxy) is 1. The highest BCUT2D eigenvalue weighted by Crippen LogP contribution is 2.47. The van der Waals surface area contributed by atoms with Crippen molar-refractivity contribution in [2.75, 3.05) is 6.61 Å². The van der Waals surface area contributed by atoms with Crippen LogP contribution < -0.4 is 4.74 Å². The van der Waals surface area contributed by atoms with E-state index in [1.807, 2.05) is 25.1 Å². The first-order valence-electron chi connectivity index (χ1n) is 7.58. The Labute approximate surface area is 134 Å². The number of benzene rings is 1. The fourth-order valence-electron chi connectivity index (χ4n) is 3.51. The van der Waals surface area contributed by atoms with Crippen LogP contribution in [-0.2, 0) is 9.59 Å². The van der Waals surface area contributed by atoms with Gasteiger partial charge in [-0.1, -0.05) is 25.1 Å². The van der Waals surface area contributed by atoms with Gasteiger partial charge in [-0.05, 0) is 19.1 Å². The number of para-hydroxylation sites is 1. The van der Waals surface area contributed by atoms with Crippen molar-refractivity contribution in [1.82, 2.24) is 4.90 Å². The van der Waals surface area contributed by atoms with Crippen molar-refractivity contribution in [1.29, 1.82) is 0 Å². The highest BCUT2D eigenvalue weighted by molar-refractivity contribution is 6.00. The number of fused-ring (bicyclic) bond motifs is 1. The number of aliphatic carboxylic acids is 1. The summed E-state index contributed by atoms with van der Waals surface area (Å²) < 4.78 is 5.67. The molecule has 122 valence electrons. The number of aliphatic hydroxyl groups is 1. The van der Waals surface area contributed by atoms with Crippen molar-refractivity contribution < 1.29 is 24.5 Å². The van der Waals surface area contributed by atoms with E-state index in [1.54, 1.807) is 19.1 Å². The first-order chi connectivity index (χ1) is 10.9. The number of amides is 1. The second-order valence-electron chi connectivity index (χ2n) is 6.03. The topological polar surface area (TPSA) is 87.1 Å². The van der Waals surface area contributed by atoms with Crippen LogP contribution in [0.2, 0.25) is 0 Å². The molecule has 3 rings (SSSR count). The third-order valence-corrected chi connectivity index (χ3v) is 4.66. The lowest BCUT2D eigenvalue weighted by Crippen LogP contribution is -2.63. The van der Waals surface area contributed by atoms with E-state index in [9.17, 15) is 19.8 Å². The Hall–Kier alpha value is -2.34. The quantitative estimate of drug-likeness (QED) is 0.799. The first-order valence-corrected chi connectivity index (χ1v) is 7.58. The van der Waals surface area contributed by atoms with Gasteiger partial charge in [-0.3, -0.25) is 4.79 Å². The van der Waals surface area contributed by atoms with E-state index in [1.165, 1.54) is 4.90 Å². The largest absolute Gasteiger partial charge is 0.489 e. The van der Waals surface area contributed by atoms with Crippen LogP contribution >= 0.6 is 0 Å². The van der Waals surface area contributed by atoms with Crippen molar-refractivity contribution in [3.63, 3.8) is 0 Å². The van der Waals surface area contributed by atoms with Gasteiger partial charge >= 0.3 is 5.97 Å². The Morgan fingerprint density at radius 3 is 2.57 bits per heavy atom. The molecule has 23 heavy (non-hydrogen) atoms. The molecule has 0 saturated carbocycles. The molecule has 2 N–H and O–H groups in total. The molecule has 2 heterocycles. The van der Waals surface area contributed by atoms with Gasteiger partial charge in [0.25, 0.3) is 0 Å². The molecular weight excluding hydrogens is 298 g/mol. The number of β-lactam (4-membered cyclic amide) rings is 1. The minimum Gasteiger partial charge on any atom is -0.489 e. The van der Waals surface area contributed by atoms with Gasteiger partial charge in [-0.25, -0.2) is 4.79 Å². The Morgan fingerprint density at radius 1 is 1.35 bits per heavy atom. The summed E-state index contributed by atoms with van der Waals surface area (Å²) in [5.74, 6) is -1.53. The van der Waals surface area contributed by atoms with Crippen molar-refractivity contribution in [2.24, 2.45) is 11.8 Å². The summed E-state index contributed by atoms with van der Waals surface area (Å²) in [6.45, 7) is 3.55. The van der Waals surface area contributed by atoms with E-state index in [-0.39, 0.29) is 30.2 Å². The minimum atomic E-state index is -1.14. The predicted molar refractivity (Wildman–Crippen MR) is 81.6 cm³/mol. The zero-order valence-electron chi connectivity index (χ0n) is 13.0. The molecule has 0 bridgehead atoms. The van der Waals surface area contributed by atoms with Gasteiger partial charge in [0.1, 0.15) is 18.1 Å². The normalized spacial score (nSPS) is 27.5. The van der Waals surface area contributed by atoms with Crippen LogP contribution in [0.4, 0.5) is 0 Å². The van der Waals surface area contributed by atoms with Crippen LogP contribution in [0.3, 0.4) is 0 Å². The summed E-state index contributed by atoms with van der Waals surface area (Å²) in [7, 11) is 0. The minimum absolute atomic E-state index is 0.000307. The molecule has 2 aliphatic rings. The van der Waals surface area contributed by atoms with Gasteiger partial charge in [-0.15, -0.1) is 0 Å². The molecule has 1 aromatic rings. The Morgan fingerprint density at radius 2 is 2.00 bits per heavy atom. The number of carbonyl (C=O) groups excluding carboxylic acids is 1. The third kappa shape index (κ3) is 2.39. The van der Waals surface area contributed by atoms with E-state index in [4.69, 9.17) is 4.74 Å². The smallest absolute Gasteiger partial charge is 0.352 e. The SMILES string of the molecule is C[C@@H](O)[C@H]1C(=O)N2C(C(=O)O)=C(COc3ccccc3)[C@H](C)[C@H]12. The second kappa shape index (κ2) is 5.70. The predicted octanol–water partition coefficient (Wildman–Crippen LogP) is 1.26. The molecule has 0 spiro atoms. The lowest BCUT2D eigenvalue weighted by Gasteiger charge is -2.46. The fraction of sp³-hybridized carbons (Fsp3) is 0.412. The standard InChI is InChI=1S/C17H19NO5/c1-9-12(8-23-11-6-4-3-5-7-11)15(17(21)22)18-14(9)13(10(2)19)16(18)20/h3-7,9-10,13-14,19H,8H2,1-2H3,(H,21,22)/t9-,10+,13+,14+/m0/s1. The molecule has 1 aromatic carbocycles. The molecule has 0 radical (unpaired) electrons. The van der Waals surface area contributed by atoms with Crippen LogP contribution in [0.25, 0.3) is 0 Å². The van der Waals surface area contributed by atoms with Crippen LogP contribution in [0.5, 0.6) is 5.75 Å². The van der Waals surface area contributed by atoms with E-state index in [0.29, 0.717) is 11.3 Å². The molecule has 0 aromatic heterocycles. The molecule has 4 atom stereocenters. The molecular formula is C17H19NO5. The zero-order valence-corrected chi connectivity index (χ0v) is 13.0. The number of hydrogen-bond donors (Lipinski definition) is 2. The first kappa shape index (κ1) is 15.6. The maximum absolute atomic E-state index is 12.2. The van der Waals surface area contributed by atoms with Gasteiger partial charge in [0.05, 0.1) is 18.1 Å². The number of aliphatic hydroxyl groups excluding tert-OH is 1. The van der Waals surface area contributed by atoms with Crippen molar-refractivity contribution >= 4 is 11.9 Å². The van der Waals surface area contributed by atoms with E-state index >= 15 is 0 Å². The molecule has 6 nitrogen and oxygen atoms in total. The van der Waals surface area contributed by atoms with Gasteiger partial charge in [0.2, 0.25) is 5.91 Å². The molecule has 6 heteroatoms. The fourth-order valence-corrected chi connectivity index (χ4v) is 3.51. The molecule has 1 saturated heterocycles. The lowest BCUT2D eigenvalue weighted by molar-refractivity contribution is -0.163. The van der Waals surface area contributed by atoms with Gasteiger partial charge < -0.3 is 19.8 Å². The Bertz CT molecular complexity index is 667. The maximum Gasteiger partial charge on any atom is 0.352 e. The number of rotatable bonds is 5. The summed E-state index contributed by atoms with van der Waals surface area (Å²) in [6, 6.07) is 8.81. The number of carboxylic acid groups (broad SMARTS) is 1. The van der Waals surface area contributed by atoms with Gasteiger partial charge in [-0.2, -0.15) is 0 Å². The van der Waals surface area contributed by atoms with Crippen molar-refractivity contribution in [2.45, 2.75) is 26.0 Å². The maximum atomic E-state index is 12.2. The van der Waals surface area contributed by atoms with Crippen LogP contribution in [-0.4, -0.2) is 45.7 Å². The number of carboxylic acids is 1. The molecule has 1 amide bonds. The van der Waals surface area contributed by atoms with Crippen molar-refractivity contribution in [3.8, 4) is 5.75 Å². The second-order valence-corrected chi connectivity index (χ2v) is 6.03. The van der Waals surface area contributed by atoms with Crippen LogP contribution in [0.1, 0.15) is 13.8 Å². The summed E-state index contributed by atoms with van der Waals surface area (Å²) in [6.07, 6.45) is -0.796. The molecule has 0 unspecified atom stereocenters. The number of nitrogens with zero attached hydrogens (tertiary/aromatic N) is 1. The Kier molecular flexibility index (Phi) is 3.85. The zero-order chi connectivity index (χ0) is 16.7. The third-order valence-electron chi connectivity index (χ3n) is 4.66. The van der Waals surface area contributed by atoms with E-state index in [0.717, 1.165) is 0 Å². The Balaban J connectivity index is 1.86. The summed E-state index contributed by atoms with van der Waals surface area (Å²) in [5, 5.41) is 19.3. The van der Waals surface area contributed by atoms with E-state index in [2.05, 4.69) is 0 Å². The summed E-state index contributed by atoms with van der Waals surface area (Å²) in [5.41, 5.74) is 0.586. The lowest BCUT2D eigenvalue weighted by atomic mass is 9.78. The molecule has 2 aliphatic heterocycles. The van der Waals surface area contributed by atoms with Crippen molar-refractivity contribution in [3.05, 3.63) is 41.6 Å². The van der Waals surface area contributed by atoms with Crippen LogP contribution in [0.15, 0.2) is 41.6 Å². The van der Waals surface area contributed by atoms with Crippen LogP contribution in [0, 0.1) is 11.8 Å². The summed E-state index contributed by atoms with van der Waals surface area (Å²) in [4.78, 5) is 25.1. The molecule has 1 fully saturated rings. The molecule has 0 aliphatic carbocycles. The summed E-state index contributed by atoms with van der Waals surface area (Å²) >= 11 is 0. The van der Waals surface area contributed by atoms with Gasteiger partial charge in [0, 0.05) is 11.5 Å². The van der Waals surface area contributed by atoms with E-state index < -0.39 is 18.0 Å². The number of carbonyl (C=O) groups is 2.